The molecular formula is C19H25N3O4S. The lowest BCUT2D eigenvalue weighted by atomic mass is 9.87. The van der Waals surface area contributed by atoms with E-state index >= 15 is 0 Å². The number of aryl methyl sites for hydroxylation is 1. The zero-order chi connectivity index (χ0) is 19.9. The van der Waals surface area contributed by atoms with E-state index in [-0.39, 0.29) is 17.9 Å². The summed E-state index contributed by atoms with van der Waals surface area (Å²) in [4.78, 5) is 24.0. The lowest BCUT2D eigenvalue weighted by molar-refractivity contribution is -0.124. The van der Waals surface area contributed by atoms with Crippen molar-refractivity contribution in [3.05, 3.63) is 40.4 Å². The Labute approximate surface area is 163 Å². The van der Waals surface area contributed by atoms with Gasteiger partial charge in [0.1, 0.15) is 12.4 Å². The molecule has 0 aliphatic heterocycles. The third kappa shape index (κ3) is 6.32. The van der Waals surface area contributed by atoms with Crippen LogP contribution < -0.4 is 10.1 Å². The van der Waals surface area contributed by atoms with Crippen LogP contribution in [0.2, 0.25) is 0 Å². The summed E-state index contributed by atoms with van der Waals surface area (Å²) in [7, 11) is 0. The molecule has 7 nitrogen and oxygen atoms in total. The number of aromatic nitrogens is 2. The molecule has 27 heavy (non-hydrogen) atoms. The molecule has 1 aromatic heterocycles. The summed E-state index contributed by atoms with van der Waals surface area (Å²) in [6.45, 7) is 8.63. The zero-order valence-corrected chi connectivity index (χ0v) is 16.9. The molecule has 1 aromatic carbocycles. The van der Waals surface area contributed by atoms with E-state index in [1.807, 2.05) is 31.2 Å². The number of nitrogens with one attached hydrogen (secondary N) is 1. The molecular weight excluding hydrogens is 366 g/mol. The second kappa shape index (κ2) is 9.45. The van der Waals surface area contributed by atoms with E-state index < -0.39 is 5.97 Å². The van der Waals surface area contributed by atoms with Gasteiger partial charge in [-0.15, -0.1) is 5.10 Å². The van der Waals surface area contributed by atoms with Crippen LogP contribution in [0, 0.1) is 0 Å². The zero-order valence-electron chi connectivity index (χ0n) is 16.1. The van der Waals surface area contributed by atoms with Gasteiger partial charge in [-0.05, 0) is 41.1 Å². The summed E-state index contributed by atoms with van der Waals surface area (Å²) in [6.07, 6.45) is 0.585. The van der Waals surface area contributed by atoms with E-state index in [1.165, 1.54) is 5.56 Å². The van der Waals surface area contributed by atoms with Gasteiger partial charge in [-0.25, -0.2) is 4.79 Å². The molecule has 0 saturated carbocycles. The van der Waals surface area contributed by atoms with E-state index in [2.05, 4.69) is 35.7 Å². The van der Waals surface area contributed by atoms with E-state index in [4.69, 9.17) is 9.47 Å². The Bertz CT molecular complexity index is 766. The smallest absolute Gasteiger partial charge is 0.352 e. The normalized spacial score (nSPS) is 11.1. The number of esters is 1. The lowest BCUT2D eigenvalue weighted by Gasteiger charge is -2.19. The molecule has 1 N–H and O–H groups in total. The average Bonchev–Trinajstić information content (AvgIpc) is 3.12. The number of nitrogens with zero attached hydrogens (tertiary/aromatic N) is 2. The maximum Gasteiger partial charge on any atom is 0.352 e. The molecule has 1 heterocycles. The third-order valence-electron chi connectivity index (χ3n) is 3.82. The van der Waals surface area contributed by atoms with Gasteiger partial charge in [0.05, 0.1) is 12.2 Å². The molecule has 2 aromatic rings. The molecule has 1 amide bonds. The van der Waals surface area contributed by atoms with Gasteiger partial charge in [-0.2, -0.15) is 0 Å². The van der Waals surface area contributed by atoms with Gasteiger partial charge in [-0.1, -0.05) is 44.3 Å². The Balaban J connectivity index is 1.67. The Morgan fingerprint density at radius 2 is 1.89 bits per heavy atom. The van der Waals surface area contributed by atoms with Gasteiger partial charge in [0, 0.05) is 0 Å². The number of carbonyl (C=O) groups is 2. The molecule has 0 unspecified atom stereocenters. The van der Waals surface area contributed by atoms with E-state index in [1.54, 1.807) is 0 Å². The predicted octanol–water partition coefficient (Wildman–Crippen LogP) is 2.75. The number of rotatable bonds is 8. The molecule has 0 aliphatic rings. The Hall–Kier alpha value is -2.48. The number of hydrogen-bond acceptors (Lipinski definition) is 7. The average molecular weight is 391 g/mol. The number of amides is 1. The Morgan fingerprint density at radius 3 is 2.52 bits per heavy atom. The first-order chi connectivity index (χ1) is 12.8. The monoisotopic (exact) mass is 391 g/mol. The molecule has 0 aliphatic carbocycles. The van der Waals surface area contributed by atoms with Crippen molar-refractivity contribution in [1.82, 2.24) is 14.9 Å². The topological polar surface area (TPSA) is 90.4 Å². The summed E-state index contributed by atoms with van der Waals surface area (Å²) < 4.78 is 14.3. The highest BCUT2D eigenvalue weighted by molar-refractivity contribution is 7.07. The molecule has 0 spiro atoms. The highest BCUT2D eigenvalue weighted by Gasteiger charge is 2.17. The molecule has 0 bridgehead atoms. The second-order valence-corrected chi connectivity index (χ2v) is 7.71. The summed E-state index contributed by atoms with van der Waals surface area (Å²) in [5.74, 6) is -0.216. The fourth-order valence-corrected chi connectivity index (χ4v) is 2.90. The van der Waals surface area contributed by atoms with Crippen molar-refractivity contribution in [2.45, 2.75) is 39.5 Å². The lowest BCUT2D eigenvalue weighted by Crippen LogP contribution is -2.32. The molecule has 8 heteroatoms. The standard InChI is InChI=1S/C19H25N3O4S/c1-5-15-17(27-22-21-15)18(24)26-12-16(23)20-10-11-25-14-8-6-13(7-9-14)19(2,3)4/h6-9H,5,10-12H2,1-4H3,(H,20,23). The second-order valence-electron chi connectivity index (χ2n) is 6.95. The molecule has 0 atom stereocenters. The van der Waals surface area contributed by atoms with Gasteiger partial charge in [0.25, 0.3) is 5.91 Å². The number of carbonyl (C=O) groups excluding carboxylic acids is 2. The van der Waals surface area contributed by atoms with Crippen LogP contribution in [-0.2, 0) is 21.4 Å². The van der Waals surface area contributed by atoms with Crippen molar-refractivity contribution in [3.63, 3.8) is 0 Å². The van der Waals surface area contributed by atoms with Crippen LogP contribution in [0.5, 0.6) is 5.75 Å². The van der Waals surface area contributed by atoms with Crippen molar-refractivity contribution in [1.29, 1.82) is 0 Å². The van der Waals surface area contributed by atoms with Gasteiger partial charge >= 0.3 is 5.97 Å². The largest absolute Gasteiger partial charge is 0.492 e. The Kier molecular flexibility index (Phi) is 7.29. The predicted molar refractivity (Wildman–Crippen MR) is 103 cm³/mol. The summed E-state index contributed by atoms with van der Waals surface area (Å²) in [5, 5.41) is 6.49. The highest BCUT2D eigenvalue weighted by atomic mass is 32.1. The van der Waals surface area contributed by atoms with Gasteiger partial charge in [-0.3, -0.25) is 4.79 Å². The minimum absolute atomic E-state index is 0.0943. The van der Waals surface area contributed by atoms with E-state index in [9.17, 15) is 9.59 Å². The Morgan fingerprint density at radius 1 is 1.19 bits per heavy atom. The maximum atomic E-state index is 11.9. The summed E-state index contributed by atoms with van der Waals surface area (Å²) >= 11 is 0.968. The minimum atomic E-state index is -0.577. The van der Waals surface area contributed by atoms with Gasteiger partial charge < -0.3 is 14.8 Å². The van der Waals surface area contributed by atoms with Crippen LogP contribution in [0.15, 0.2) is 24.3 Å². The van der Waals surface area contributed by atoms with Crippen molar-refractivity contribution in [2.24, 2.45) is 0 Å². The fourth-order valence-electron chi connectivity index (χ4n) is 2.25. The van der Waals surface area contributed by atoms with Crippen LogP contribution in [-0.4, -0.2) is 41.2 Å². The van der Waals surface area contributed by atoms with Crippen LogP contribution in [0.1, 0.15) is 48.6 Å². The summed E-state index contributed by atoms with van der Waals surface area (Å²) in [5.41, 5.74) is 1.90. The van der Waals surface area contributed by atoms with Crippen LogP contribution in [0.3, 0.4) is 0 Å². The molecule has 0 fully saturated rings. The van der Waals surface area contributed by atoms with E-state index in [0.29, 0.717) is 30.1 Å². The highest BCUT2D eigenvalue weighted by Crippen LogP contribution is 2.24. The van der Waals surface area contributed by atoms with Crippen molar-refractivity contribution < 1.29 is 19.1 Å². The van der Waals surface area contributed by atoms with Crippen LogP contribution >= 0.6 is 11.5 Å². The SMILES string of the molecule is CCc1nnsc1C(=O)OCC(=O)NCCOc1ccc(C(C)(C)C)cc1. The first-order valence-corrected chi connectivity index (χ1v) is 9.57. The van der Waals surface area contributed by atoms with Crippen molar-refractivity contribution >= 4 is 23.4 Å². The molecule has 0 radical (unpaired) electrons. The minimum Gasteiger partial charge on any atom is -0.492 e. The van der Waals surface area contributed by atoms with E-state index in [0.717, 1.165) is 17.3 Å². The van der Waals surface area contributed by atoms with Crippen molar-refractivity contribution in [2.75, 3.05) is 19.8 Å². The quantitative estimate of drug-likeness (QED) is 0.550. The maximum absolute atomic E-state index is 11.9. The molecule has 2 rings (SSSR count). The number of benzene rings is 1. The van der Waals surface area contributed by atoms with Gasteiger partial charge in [0.2, 0.25) is 0 Å². The molecule has 0 saturated heterocycles. The summed E-state index contributed by atoms with van der Waals surface area (Å²) in [6, 6.07) is 7.90. The number of ether oxygens (including phenoxy) is 2. The van der Waals surface area contributed by atoms with Crippen LogP contribution in [0.4, 0.5) is 0 Å². The van der Waals surface area contributed by atoms with Crippen molar-refractivity contribution in [3.8, 4) is 5.75 Å². The first kappa shape index (κ1) is 20.8. The number of hydrogen-bond donors (Lipinski definition) is 1. The first-order valence-electron chi connectivity index (χ1n) is 8.79. The molecule has 146 valence electrons. The third-order valence-corrected chi connectivity index (χ3v) is 4.57. The van der Waals surface area contributed by atoms with Crippen LogP contribution in [0.25, 0.3) is 0 Å². The fraction of sp³-hybridized carbons (Fsp3) is 0.474. The van der Waals surface area contributed by atoms with Gasteiger partial charge in [0.15, 0.2) is 11.5 Å².